The molecular weight excluding hydrogens is 254 g/mol. The molecule has 1 N–H and O–H groups in total. The second kappa shape index (κ2) is 7.59. The molecule has 1 aromatic carbocycles. The van der Waals surface area contributed by atoms with Crippen LogP contribution in [0.2, 0.25) is 0 Å². The van der Waals surface area contributed by atoms with Gasteiger partial charge in [-0.15, -0.1) is 0 Å². The van der Waals surface area contributed by atoms with Crippen molar-refractivity contribution in [1.29, 1.82) is 0 Å². The van der Waals surface area contributed by atoms with Gasteiger partial charge in [-0.1, -0.05) is 37.1 Å². The quantitative estimate of drug-likeness (QED) is 0.806. The van der Waals surface area contributed by atoms with Crippen LogP contribution in [0.5, 0.6) is 0 Å². The first-order chi connectivity index (χ1) is 9.27. The Balaban J connectivity index is 1.59. The second-order valence-electron chi connectivity index (χ2n) is 5.25. The average Bonchev–Trinajstić information content (AvgIpc) is 2.94. The van der Waals surface area contributed by atoms with Crippen LogP contribution in [0.4, 0.5) is 0 Å². The Kier molecular flexibility index (Phi) is 5.77. The number of hydrogen-bond acceptors (Lipinski definition) is 2. The fourth-order valence-electron chi connectivity index (χ4n) is 2.53. The minimum absolute atomic E-state index is 0.272. The summed E-state index contributed by atoms with van der Waals surface area (Å²) in [7, 11) is 0. The van der Waals surface area contributed by atoms with Gasteiger partial charge in [-0.25, -0.2) is 0 Å². The fourth-order valence-corrected chi connectivity index (χ4v) is 3.47. The van der Waals surface area contributed by atoms with Gasteiger partial charge in [0.15, 0.2) is 0 Å². The summed E-state index contributed by atoms with van der Waals surface area (Å²) in [6.07, 6.45) is 4.62. The van der Waals surface area contributed by atoms with Crippen molar-refractivity contribution < 1.29 is 4.79 Å². The second-order valence-corrected chi connectivity index (χ2v) is 6.36. The van der Waals surface area contributed by atoms with Gasteiger partial charge in [-0.3, -0.25) is 4.79 Å². The lowest BCUT2D eigenvalue weighted by Crippen LogP contribution is -2.31. The largest absolute Gasteiger partial charge is 0.355 e. The lowest BCUT2D eigenvalue weighted by molar-refractivity contribution is -0.124. The molecule has 0 unspecified atom stereocenters. The molecule has 0 radical (unpaired) electrons. The Morgan fingerprint density at radius 3 is 2.79 bits per heavy atom. The van der Waals surface area contributed by atoms with Crippen molar-refractivity contribution >= 4 is 17.7 Å². The molecule has 104 valence electrons. The van der Waals surface area contributed by atoms with Crippen LogP contribution in [0, 0.1) is 12.8 Å². The third-order valence-electron chi connectivity index (χ3n) is 3.79. The SMILES string of the molecule is Cc1ccccc1CSCCNC(=O)C1CCCC1. The maximum atomic E-state index is 11.8. The molecule has 3 heteroatoms. The van der Waals surface area contributed by atoms with Gasteiger partial charge in [-0.2, -0.15) is 11.8 Å². The number of rotatable bonds is 6. The van der Waals surface area contributed by atoms with E-state index in [1.54, 1.807) is 0 Å². The molecule has 0 saturated heterocycles. The molecule has 1 amide bonds. The zero-order chi connectivity index (χ0) is 13.5. The monoisotopic (exact) mass is 277 g/mol. The molecule has 0 heterocycles. The van der Waals surface area contributed by atoms with E-state index in [1.165, 1.54) is 24.0 Å². The van der Waals surface area contributed by atoms with Crippen LogP contribution in [0.25, 0.3) is 0 Å². The van der Waals surface area contributed by atoms with Crippen molar-refractivity contribution in [2.24, 2.45) is 5.92 Å². The summed E-state index contributed by atoms with van der Waals surface area (Å²) in [5.41, 5.74) is 2.75. The highest BCUT2D eigenvalue weighted by Crippen LogP contribution is 2.24. The fraction of sp³-hybridized carbons (Fsp3) is 0.562. The van der Waals surface area contributed by atoms with Gasteiger partial charge in [0, 0.05) is 24.0 Å². The van der Waals surface area contributed by atoms with E-state index in [0.29, 0.717) is 5.92 Å². The molecule has 2 nitrogen and oxygen atoms in total. The van der Waals surface area contributed by atoms with Crippen LogP contribution in [0.15, 0.2) is 24.3 Å². The zero-order valence-electron chi connectivity index (χ0n) is 11.7. The first-order valence-corrected chi connectivity index (χ1v) is 8.33. The Morgan fingerprint density at radius 1 is 1.32 bits per heavy atom. The molecule has 1 aliphatic rings. The third kappa shape index (κ3) is 4.57. The highest BCUT2D eigenvalue weighted by Gasteiger charge is 2.21. The molecule has 1 fully saturated rings. The van der Waals surface area contributed by atoms with Crippen LogP contribution in [0.3, 0.4) is 0 Å². The number of hydrogen-bond donors (Lipinski definition) is 1. The Labute approximate surface area is 120 Å². The number of benzene rings is 1. The van der Waals surface area contributed by atoms with E-state index in [0.717, 1.165) is 30.9 Å². The van der Waals surface area contributed by atoms with E-state index in [9.17, 15) is 4.79 Å². The Morgan fingerprint density at radius 2 is 2.05 bits per heavy atom. The lowest BCUT2D eigenvalue weighted by Gasteiger charge is -2.10. The third-order valence-corrected chi connectivity index (χ3v) is 4.80. The molecule has 0 atom stereocenters. The molecule has 1 saturated carbocycles. The molecule has 2 rings (SSSR count). The maximum absolute atomic E-state index is 11.8. The van der Waals surface area contributed by atoms with Gasteiger partial charge >= 0.3 is 0 Å². The topological polar surface area (TPSA) is 29.1 Å². The van der Waals surface area contributed by atoms with Gasteiger partial charge in [-0.05, 0) is 30.9 Å². The summed E-state index contributed by atoms with van der Waals surface area (Å²) in [5, 5.41) is 3.07. The normalized spacial score (nSPS) is 15.6. The van der Waals surface area contributed by atoms with E-state index in [2.05, 4.69) is 36.5 Å². The molecule has 1 aliphatic carbocycles. The van der Waals surface area contributed by atoms with Gasteiger partial charge in [0.1, 0.15) is 0 Å². The predicted molar refractivity (Wildman–Crippen MR) is 82.3 cm³/mol. The van der Waals surface area contributed by atoms with Crippen molar-refractivity contribution in [2.45, 2.75) is 38.4 Å². The molecule has 0 spiro atoms. The van der Waals surface area contributed by atoms with Crippen molar-refractivity contribution in [2.75, 3.05) is 12.3 Å². The van der Waals surface area contributed by atoms with Crippen LogP contribution >= 0.6 is 11.8 Å². The first-order valence-electron chi connectivity index (χ1n) is 7.17. The van der Waals surface area contributed by atoms with E-state index >= 15 is 0 Å². The van der Waals surface area contributed by atoms with Gasteiger partial charge in [0.05, 0.1) is 0 Å². The molecule has 0 aliphatic heterocycles. The predicted octanol–water partition coefficient (Wildman–Crippen LogP) is 3.53. The zero-order valence-corrected chi connectivity index (χ0v) is 12.5. The lowest BCUT2D eigenvalue weighted by atomic mass is 10.1. The van der Waals surface area contributed by atoms with Crippen LogP contribution in [-0.2, 0) is 10.5 Å². The smallest absolute Gasteiger partial charge is 0.223 e. The van der Waals surface area contributed by atoms with E-state index in [-0.39, 0.29) is 5.91 Å². The van der Waals surface area contributed by atoms with Gasteiger partial charge < -0.3 is 5.32 Å². The number of nitrogens with one attached hydrogen (secondary N) is 1. The summed E-state index contributed by atoms with van der Waals surface area (Å²) in [4.78, 5) is 11.8. The van der Waals surface area contributed by atoms with E-state index < -0.39 is 0 Å². The number of thioether (sulfide) groups is 1. The summed E-state index contributed by atoms with van der Waals surface area (Å²) in [5.74, 6) is 2.59. The molecular formula is C16H23NOS. The number of aryl methyl sites for hydroxylation is 1. The minimum Gasteiger partial charge on any atom is -0.355 e. The highest BCUT2D eigenvalue weighted by atomic mass is 32.2. The number of carbonyl (C=O) groups excluding carboxylic acids is 1. The van der Waals surface area contributed by atoms with Crippen molar-refractivity contribution in [3.8, 4) is 0 Å². The Bertz CT molecular complexity index is 413. The van der Waals surface area contributed by atoms with Crippen LogP contribution in [-0.4, -0.2) is 18.2 Å². The van der Waals surface area contributed by atoms with Crippen LogP contribution in [0.1, 0.15) is 36.8 Å². The van der Waals surface area contributed by atoms with Crippen LogP contribution < -0.4 is 5.32 Å². The molecule has 0 aromatic heterocycles. The van der Waals surface area contributed by atoms with Crippen molar-refractivity contribution in [3.05, 3.63) is 35.4 Å². The summed E-state index contributed by atoms with van der Waals surface area (Å²) >= 11 is 1.89. The Hall–Kier alpha value is -0.960. The molecule has 1 aromatic rings. The first kappa shape index (κ1) is 14.4. The van der Waals surface area contributed by atoms with E-state index in [4.69, 9.17) is 0 Å². The number of carbonyl (C=O) groups is 1. The molecule has 19 heavy (non-hydrogen) atoms. The molecule has 0 bridgehead atoms. The minimum atomic E-state index is 0.272. The van der Waals surface area contributed by atoms with E-state index in [1.807, 2.05) is 11.8 Å². The van der Waals surface area contributed by atoms with Crippen molar-refractivity contribution in [3.63, 3.8) is 0 Å². The van der Waals surface area contributed by atoms with Crippen molar-refractivity contribution in [1.82, 2.24) is 5.32 Å². The van der Waals surface area contributed by atoms with Gasteiger partial charge in [0.25, 0.3) is 0 Å². The van der Waals surface area contributed by atoms with Gasteiger partial charge in [0.2, 0.25) is 5.91 Å². The maximum Gasteiger partial charge on any atom is 0.223 e. The summed E-state index contributed by atoms with van der Waals surface area (Å²) in [6.45, 7) is 2.95. The highest BCUT2D eigenvalue weighted by molar-refractivity contribution is 7.98. The standard InChI is InChI=1S/C16H23NOS/c1-13-6-2-3-9-15(13)12-19-11-10-17-16(18)14-7-4-5-8-14/h2-3,6,9,14H,4-5,7-8,10-12H2,1H3,(H,17,18). The summed E-state index contributed by atoms with van der Waals surface area (Å²) in [6, 6.07) is 8.49. The summed E-state index contributed by atoms with van der Waals surface area (Å²) < 4.78 is 0. The number of amides is 1. The average molecular weight is 277 g/mol.